The Balaban J connectivity index is 1.80. The molecule has 0 spiro atoms. The quantitative estimate of drug-likeness (QED) is 0.772. The second-order valence-corrected chi connectivity index (χ2v) is 5.90. The average molecular weight is 359 g/mol. The fraction of sp³-hybridized carbons (Fsp3) is 0.300. The van der Waals surface area contributed by atoms with Crippen LogP contribution < -0.4 is 10.1 Å². The van der Waals surface area contributed by atoms with Crippen molar-refractivity contribution >= 4 is 11.9 Å². The molecule has 0 saturated heterocycles. The van der Waals surface area contributed by atoms with Crippen LogP contribution in [-0.4, -0.2) is 31.6 Å². The number of methoxy groups -OCH3 is 1. The van der Waals surface area contributed by atoms with E-state index in [0.717, 1.165) is 17.4 Å². The lowest BCUT2D eigenvalue weighted by Gasteiger charge is -2.14. The lowest BCUT2D eigenvalue weighted by molar-refractivity contribution is -0.129. The van der Waals surface area contributed by atoms with Crippen LogP contribution in [0.1, 0.15) is 28.4 Å². The molecule has 0 fully saturated rings. The standard InChI is InChI=1S/C20H22FNO4/c1-13-4-7-16(12-18(13)21)20(24)26-14(2)19(23)22-11-10-15-5-8-17(25-3)9-6-15/h4-9,12,14H,10-11H2,1-3H3,(H,22,23)/t14-/m1/s1. The largest absolute Gasteiger partial charge is 0.497 e. The van der Waals surface area contributed by atoms with Gasteiger partial charge in [0.05, 0.1) is 12.7 Å². The van der Waals surface area contributed by atoms with Crippen LogP contribution in [0.3, 0.4) is 0 Å². The summed E-state index contributed by atoms with van der Waals surface area (Å²) in [5.41, 5.74) is 1.56. The van der Waals surface area contributed by atoms with Crippen molar-refractivity contribution in [3.8, 4) is 5.75 Å². The predicted octanol–water partition coefficient (Wildman–Crippen LogP) is 3.05. The molecule has 2 aromatic rings. The first-order chi connectivity index (χ1) is 12.4. The predicted molar refractivity (Wildman–Crippen MR) is 95.7 cm³/mol. The molecule has 0 aliphatic rings. The Kier molecular flexibility index (Phi) is 6.72. The lowest BCUT2D eigenvalue weighted by atomic mass is 10.1. The molecule has 2 aromatic carbocycles. The van der Waals surface area contributed by atoms with E-state index in [1.165, 1.54) is 19.1 Å². The highest BCUT2D eigenvalue weighted by molar-refractivity contribution is 5.92. The molecule has 0 saturated carbocycles. The lowest BCUT2D eigenvalue weighted by Crippen LogP contribution is -2.36. The van der Waals surface area contributed by atoms with E-state index in [9.17, 15) is 14.0 Å². The van der Waals surface area contributed by atoms with Crippen LogP contribution in [0.4, 0.5) is 4.39 Å². The van der Waals surface area contributed by atoms with Crippen molar-refractivity contribution < 1.29 is 23.5 Å². The van der Waals surface area contributed by atoms with Crippen molar-refractivity contribution in [1.82, 2.24) is 5.32 Å². The summed E-state index contributed by atoms with van der Waals surface area (Å²) in [4.78, 5) is 24.0. The summed E-state index contributed by atoms with van der Waals surface area (Å²) >= 11 is 0. The van der Waals surface area contributed by atoms with Crippen LogP contribution >= 0.6 is 0 Å². The molecule has 0 radical (unpaired) electrons. The van der Waals surface area contributed by atoms with Gasteiger partial charge in [0.15, 0.2) is 6.10 Å². The molecule has 2 rings (SSSR count). The number of carbonyl (C=O) groups is 2. The molecule has 0 aliphatic carbocycles. The summed E-state index contributed by atoms with van der Waals surface area (Å²) in [7, 11) is 1.60. The van der Waals surface area contributed by atoms with Gasteiger partial charge in [0, 0.05) is 6.54 Å². The van der Waals surface area contributed by atoms with Crippen LogP contribution in [-0.2, 0) is 16.0 Å². The number of benzene rings is 2. The molecule has 0 unspecified atom stereocenters. The van der Waals surface area contributed by atoms with Crippen LogP contribution in [0.15, 0.2) is 42.5 Å². The van der Waals surface area contributed by atoms with Gasteiger partial charge in [-0.15, -0.1) is 0 Å². The van der Waals surface area contributed by atoms with Gasteiger partial charge in [-0.25, -0.2) is 9.18 Å². The van der Waals surface area contributed by atoms with Gasteiger partial charge in [0.25, 0.3) is 5.91 Å². The van der Waals surface area contributed by atoms with Gasteiger partial charge in [0.1, 0.15) is 11.6 Å². The minimum absolute atomic E-state index is 0.0750. The van der Waals surface area contributed by atoms with Gasteiger partial charge in [-0.05, 0) is 55.7 Å². The maximum absolute atomic E-state index is 13.5. The van der Waals surface area contributed by atoms with E-state index in [1.54, 1.807) is 14.0 Å². The number of hydrogen-bond donors (Lipinski definition) is 1. The number of ether oxygens (including phenoxy) is 2. The zero-order chi connectivity index (χ0) is 19.1. The van der Waals surface area contributed by atoms with Gasteiger partial charge >= 0.3 is 5.97 Å². The second kappa shape index (κ2) is 8.99. The zero-order valence-corrected chi connectivity index (χ0v) is 15.0. The maximum atomic E-state index is 13.5. The molecule has 0 bridgehead atoms. The average Bonchev–Trinajstić information content (AvgIpc) is 2.64. The minimum atomic E-state index is -0.970. The molecule has 1 atom stereocenters. The van der Waals surface area contributed by atoms with Crippen LogP contribution in [0, 0.1) is 12.7 Å². The molecule has 26 heavy (non-hydrogen) atoms. The topological polar surface area (TPSA) is 64.6 Å². The Morgan fingerprint density at radius 2 is 1.85 bits per heavy atom. The SMILES string of the molecule is COc1ccc(CCNC(=O)[C@@H](C)OC(=O)c2ccc(C)c(F)c2)cc1. The zero-order valence-electron chi connectivity index (χ0n) is 15.0. The Morgan fingerprint density at radius 1 is 1.15 bits per heavy atom. The third-order valence-electron chi connectivity index (χ3n) is 3.93. The third kappa shape index (κ3) is 5.31. The van der Waals surface area contributed by atoms with Crippen molar-refractivity contribution in [2.24, 2.45) is 0 Å². The van der Waals surface area contributed by atoms with E-state index >= 15 is 0 Å². The first-order valence-corrected chi connectivity index (χ1v) is 8.28. The number of rotatable bonds is 7. The molecule has 6 heteroatoms. The molecule has 0 aromatic heterocycles. The van der Waals surface area contributed by atoms with E-state index in [1.807, 2.05) is 24.3 Å². The first kappa shape index (κ1) is 19.4. The number of esters is 1. The number of aryl methyl sites for hydroxylation is 1. The second-order valence-electron chi connectivity index (χ2n) is 5.90. The molecule has 5 nitrogen and oxygen atoms in total. The van der Waals surface area contributed by atoms with Gasteiger partial charge < -0.3 is 14.8 Å². The molecular weight excluding hydrogens is 337 g/mol. The Hall–Kier alpha value is -2.89. The Morgan fingerprint density at radius 3 is 2.46 bits per heavy atom. The maximum Gasteiger partial charge on any atom is 0.339 e. The van der Waals surface area contributed by atoms with Crippen molar-refractivity contribution in [2.45, 2.75) is 26.4 Å². The molecular formula is C20H22FNO4. The third-order valence-corrected chi connectivity index (χ3v) is 3.93. The van der Waals surface area contributed by atoms with Gasteiger partial charge in [-0.1, -0.05) is 18.2 Å². The first-order valence-electron chi connectivity index (χ1n) is 8.28. The summed E-state index contributed by atoms with van der Waals surface area (Å²) in [5, 5.41) is 2.72. The highest BCUT2D eigenvalue weighted by Gasteiger charge is 2.19. The summed E-state index contributed by atoms with van der Waals surface area (Å²) in [5.74, 6) is -0.858. The van der Waals surface area contributed by atoms with E-state index in [0.29, 0.717) is 18.5 Å². The van der Waals surface area contributed by atoms with Crippen molar-refractivity contribution in [3.63, 3.8) is 0 Å². The number of halogens is 1. The minimum Gasteiger partial charge on any atom is -0.497 e. The van der Waals surface area contributed by atoms with E-state index in [2.05, 4.69) is 5.32 Å². The van der Waals surface area contributed by atoms with Gasteiger partial charge in [0.2, 0.25) is 0 Å². The monoisotopic (exact) mass is 359 g/mol. The highest BCUT2D eigenvalue weighted by Crippen LogP contribution is 2.12. The summed E-state index contributed by atoms with van der Waals surface area (Å²) in [6.45, 7) is 3.49. The number of hydrogen-bond acceptors (Lipinski definition) is 4. The highest BCUT2D eigenvalue weighted by atomic mass is 19.1. The van der Waals surface area contributed by atoms with Crippen molar-refractivity contribution in [2.75, 3.05) is 13.7 Å². The van der Waals surface area contributed by atoms with Crippen LogP contribution in [0.2, 0.25) is 0 Å². The summed E-state index contributed by atoms with van der Waals surface area (Å²) in [6, 6.07) is 11.6. The van der Waals surface area contributed by atoms with E-state index < -0.39 is 23.8 Å². The van der Waals surface area contributed by atoms with Crippen molar-refractivity contribution in [1.29, 1.82) is 0 Å². The Labute approximate surface area is 152 Å². The number of carbonyl (C=O) groups excluding carboxylic acids is 2. The van der Waals surface area contributed by atoms with Crippen LogP contribution in [0.5, 0.6) is 5.75 Å². The summed E-state index contributed by atoms with van der Waals surface area (Å²) in [6.07, 6.45) is -0.331. The Bertz CT molecular complexity index is 774. The fourth-order valence-corrected chi connectivity index (χ4v) is 2.27. The fourth-order valence-electron chi connectivity index (χ4n) is 2.27. The molecule has 138 valence electrons. The van der Waals surface area contributed by atoms with Gasteiger partial charge in [-0.2, -0.15) is 0 Å². The molecule has 0 aliphatic heterocycles. The number of nitrogens with one attached hydrogen (secondary N) is 1. The summed E-state index contributed by atoms with van der Waals surface area (Å²) < 4.78 is 23.7. The van der Waals surface area contributed by atoms with E-state index in [4.69, 9.17) is 9.47 Å². The normalized spacial score (nSPS) is 11.5. The molecule has 0 heterocycles. The smallest absolute Gasteiger partial charge is 0.339 e. The van der Waals surface area contributed by atoms with E-state index in [-0.39, 0.29) is 5.56 Å². The van der Waals surface area contributed by atoms with Crippen LogP contribution in [0.25, 0.3) is 0 Å². The van der Waals surface area contributed by atoms with Crippen molar-refractivity contribution in [3.05, 3.63) is 65.0 Å². The molecule has 1 amide bonds. The number of amides is 1. The van der Waals surface area contributed by atoms with Gasteiger partial charge in [-0.3, -0.25) is 4.79 Å². The molecule has 1 N–H and O–H groups in total.